The molecule has 0 spiro atoms. The molecule has 2 aromatic rings. The van der Waals surface area contributed by atoms with E-state index in [2.05, 4.69) is 10.1 Å². The van der Waals surface area contributed by atoms with Gasteiger partial charge in [-0.05, 0) is 44.5 Å². The summed E-state index contributed by atoms with van der Waals surface area (Å²) in [4.78, 5) is 2.38. The highest BCUT2D eigenvalue weighted by Gasteiger charge is 2.18. The van der Waals surface area contributed by atoms with Crippen molar-refractivity contribution < 1.29 is 8.91 Å². The van der Waals surface area contributed by atoms with Gasteiger partial charge in [-0.3, -0.25) is 0 Å². The third-order valence-electron chi connectivity index (χ3n) is 3.71. The lowest BCUT2D eigenvalue weighted by molar-refractivity contribution is 0.328. The first-order valence-corrected chi connectivity index (χ1v) is 6.74. The van der Waals surface area contributed by atoms with E-state index in [9.17, 15) is 4.39 Å². The van der Waals surface area contributed by atoms with Crippen LogP contribution in [0.2, 0.25) is 0 Å². The molecule has 1 aromatic heterocycles. The normalized spacial score (nSPS) is 20.4. The van der Waals surface area contributed by atoms with E-state index in [0.29, 0.717) is 11.6 Å². The summed E-state index contributed by atoms with van der Waals surface area (Å²) in [6, 6.07) is 4.90. The summed E-state index contributed by atoms with van der Waals surface area (Å²) in [7, 11) is 0. The molecule has 1 aromatic carbocycles. The van der Waals surface area contributed by atoms with Crippen molar-refractivity contribution in [2.45, 2.75) is 25.3 Å². The van der Waals surface area contributed by atoms with E-state index in [1.807, 2.05) is 0 Å². The summed E-state index contributed by atoms with van der Waals surface area (Å²) in [5, 5.41) is 4.95. The molecule has 0 aliphatic carbocycles. The van der Waals surface area contributed by atoms with Crippen LogP contribution >= 0.6 is 0 Å². The molecule has 0 radical (unpaired) electrons. The Labute approximate surface area is 111 Å². The lowest BCUT2D eigenvalue weighted by Crippen LogP contribution is -2.27. The molecule has 5 heteroatoms. The minimum absolute atomic E-state index is 0.291. The minimum Gasteiger partial charge on any atom is -0.356 e. The van der Waals surface area contributed by atoms with Crippen LogP contribution in [0.15, 0.2) is 22.7 Å². The first kappa shape index (κ1) is 12.6. The monoisotopic (exact) mass is 263 g/mol. The van der Waals surface area contributed by atoms with Crippen LogP contribution in [0.25, 0.3) is 11.0 Å². The van der Waals surface area contributed by atoms with Gasteiger partial charge in [0, 0.05) is 24.0 Å². The molecule has 4 nitrogen and oxygen atoms in total. The second-order valence-corrected chi connectivity index (χ2v) is 5.22. The predicted molar refractivity (Wildman–Crippen MR) is 71.3 cm³/mol. The highest BCUT2D eigenvalue weighted by atomic mass is 19.1. The molecule has 0 saturated carbocycles. The lowest BCUT2D eigenvalue weighted by atomic mass is 10.1. The van der Waals surface area contributed by atoms with E-state index >= 15 is 0 Å². The number of likely N-dealkylation sites (tertiary alicyclic amines) is 1. The van der Waals surface area contributed by atoms with Gasteiger partial charge in [0.25, 0.3) is 0 Å². The van der Waals surface area contributed by atoms with Crippen molar-refractivity contribution >= 4 is 11.0 Å². The molecular formula is C14H18FN3O. The van der Waals surface area contributed by atoms with Crippen molar-refractivity contribution in [3.05, 3.63) is 29.7 Å². The number of aryl methyl sites for hydroxylation is 1. The second kappa shape index (κ2) is 5.27. The largest absolute Gasteiger partial charge is 0.356 e. The Balaban J connectivity index is 1.59. The Bertz CT molecular complexity index is 569. The number of hydrogen-bond acceptors (Lipinski definition) is 4. The van der Waals surface area contributed by atoms with Gasteiger partial charge in [-0.2, -0.15) is 0 Å². The van der Waals surface area contributed by atoms with Gasteiger partial charge in [0.05, 0.1) is 5.69 Å². The SMILES string of the molecule is N[C@H]1CCN(CCCc2noc3cc(F)ccc23)C1. The van der Waals surface area contributed by atoms with Crippen molar-refractivity contribution in [2.75, 3.05) is 19.6 Å². The number of hydrogen-bond donors (Lipinski definition) is 1. The Morgan fingerprint density at radius 2 is 2.37 bits per heavy atom. The van der Waals surface area contributed by atoms with E-state index in [1.165, 1.54) is 12.1 Å². The van der Waals surface area contributed by atoms with Gasteiger partial charge in [0.2, 0.25) is 0 Å². The van der Waals surface area contributed by atoms with Crippen LogP contribution in [0, 0.1) is 5.82 Å². The van der Waals surface area contributed by atoms with E-state index in [1.54, 1.807) is 6.07 Å². The Morgan fingerprint density at radius 1 is 1.47 bits per heavy atom. The molecule has 1 fully saturated rings. The lowest BCUT2D eigenvalue weighted by Gasteiger charge is -2.13. The predicted octanol–water partition coefficient (Wildman–Crippen LogP) is 1.93. The van der Waals surface area contributed by atoms with Crippen molar-refractivity contribution in [1.29, 1.82) is 0 Å². The third kappa shape index (κ3) is 2.77. The van der Waals surface area contributed by atoms with E-state index in [0.717, 1.165) is 50.0 Å². The van der Waals surface area contributed by atoms with Crippen LogP contribution in [0.5, 0.6) is 0 Å². The smallest absolute Gasteiger partial charge is 0.170 e. The van der Waals surface area contributed by atoms with Crippen LogP contribution in [-0.4, -0.2) is 35.7 Å². The number of fused-ring (bicyclic) bond motifs is 1. The molecule has 102 valence electrons. The fourth-order valence-electron chi connectivity index (χ4n) is 2.68. The maximum atomic E-state index is 13.0. The number of benzene rings is 1. The standard InChI is InChI=1S/C14H18FN3O/c15-10-3-4-12-13(17-19-14(12)8-10)2-1-6-18-7-5-11(16)9-18/h3-4,8,11H,1-2,5-7,9,16H2/t11-/m0/s1. The zero-order chi connectivity index (χ0) is 13.2. The van der Waals surface area contributed by atoms with Crippen LogP contribution in [-0.2, 0) is 6.42 Å². The van der Waals surface area contributed by atoms with Crippen molar-refractivity contribution in [3.8, 4) is 0 Å². The van der Waals surface area contributed by atoms with Gasteiger partial charge >= 0.3 is 0 Å². The Morgan fingerprint density at radius 3 is 3.16 bits per heavy atom. The highest BCUT2D eigenvalue weighted by molar-refractivity contribution is 5.79. The van der Waals surface area contributed by atoms with E-state index < -0.39 is 0 Å². The minimum atomic E-state index is -0.291. The summed E-state index contributed by atoms with van der Waals surface area (Å²) in [6.45, 7) is 3.11. The number of nitrogens with zero attached hydrogens (tertiary/aromatic N) is 2. The molecule has 3 rings (SSSR count). The van der Waals surface area contributed by atoms with Crippen LogP contribution < -0.4 is 5.73 Å². The molecule has 1 aliphatic rings. The van der Waals surface area contributed by atoms with Crippen molar-refractivity contribution in [2.24, 2.45) is 5.73 Å². The second-order valence-electron chi connectivity index (χ2n) is 5.22. The number of nitrogens with two attached hydrogens (primary N) is 1. The maximum absolute atomic E-state index is 13.0. The summed E-state index contributed by atoms with van der Waals surface area (Å²) < 4.78 is 18.2. The fourth-order valence-corrected chi connectivity index (χ4v) is 2.68. The quantitative estimate of drug-likeness (QED) is 0.915. The van der Waals surface area contributed by atoms with Gasteiger partial charge in [-0.25, -0.2) is 4.39 Å². The molecule has 1 atom stereocenters. The Kier molecular flexibility index (Phi) is 3.48. The molecule has 2 N–H and O–H groups in total. The van der Waals surface area contributed by atoms with Gasteiger partial charge < -0.3 is 15.2 Å². The molecule has 1 aliphatic heterocycles. The van der Waals surface area contributed by atoms with Gasteiger partial charge in [0.15, 0.2) is 5.58 Å². The molecule has 0 amide bonds. The Hall–Kier alpha value is -1.46. The number of rotatable bonds is 4. The summed E-state index contributed by atoms with van der Waals surface area (Å²) in [6.07, 6.45) is 2.96. The summed E-state index contributed by atoms with van der Waals surface area (Å²) in [5.41, 5.74) is 7.32. The maximum Gasteiger partial charge on any atom is 0.170 e. The van der Waals surface area contributed by atoms with Crippen LogP contribution in [0.4, 0.5) is 4.39 Å². The molecule has 1 saturated heterocycles. The van der Waals surface area contributed by atoms with Crippen LogP contribution in [0.1, 0.15) is 18.5 Å². The zero-order valence-electron chi connectivity index (χ0n) is 10.8. The average molecular weight is 263 g/mol. The van der Waals surface area contributed by atoms with E-state index in [-0.39, 0.29) is 5.82 Å². The molecule has 2 heterocycles. The van der Waals surface area contributed by atoms with Crippen molar-refractivity contribution in [1.82, 2.24) is 10.1 Å². The highest BCUT2D eigenvalue weighted by Crippen LogP contribution is 2.20. The fraction of sp³-hybridized carbons (Fsp3) is 0.500. The first-order chi connectivity index (χ1) is 9.22. The average Bonchev–Trinajstić information content (AvgIpc) is 2.96. The first-order valence-electron chi connectivity index (χ1n) is 6.74. The van der Waals surface area contributed by atoms with Gasteiger partial charge in [-0.15, -0.1) is 0 Å². The molecule has 19 heavy (non-hydrogen) atoms. The molecule has 0 unspecified atom stereocenters. The topological polar surface area (TPSA) is 55.3 Å². The number of halogens is 1. The third-order valence-corrected chi connectivity index (χ3v) is 3.71. The summed E-state index contributed by atoms with van der Waals surface area (Å²) >= 11 is 0. The number of aromatic nitrogens is 1. The van der Waals surface area contributed by atoms with Gasteiger partial charge in [-0.1, -0.05) is 5.16 Å². The molecular weight excluding hydrogens is 245 g/mol. The molecule has 0 bridgehead atoms. The van der Waals surface area contributed by atoms with Crippen molar-refractivity contribution in [3.63, 3.8) is 0 Å². The van der Waals surface area contributed by atoms with E-state index in [4.69, 9.17) is 10.3 Å². The van der Waals surface area contributed by atoms with Gasteiger partial charge in [0.1, 0.15) is 5.82 Å². The van der Waals surface area contributed by atoms with Crippen LogP contribution in [0.3, 0.4) is 0 Å². The summed E-state index contributed by atoms with van der Waals surface area (Å²) in [5.74, 6) is -0.291. The zero-order valence-corrected chi connectivity index (χ0v) is 10.8.